The van der Waals surface area contributed by atoms with Gasteiger partial charge < -0.3 is 14.7 Å². The Balaban J connectivity index is 1.77. The first kappa shape index (κ1) is 21.8. The number of nitrogens with zero attached hydrogens (tertiary/aromatic N) is 2. The van der Waals surface area contributed by atoms with E-state index in [1.807, 2.05) is 49.4 Å². The molecule has 1 heterocycles. The molecule has 2 aromatic rings. The predicted molar refractivity (Wildman–Crippen MR) is 116 cm³/mol. The van der Waals surface area contributed by atoms with Crippen LogP contribution in [0.3, 0.4) is 0 Å². The molecule has 2 aromatic carbocycles. The molecule has 0 bridgehead atoms. The third-order valence-corrected chi connectivity index (χ3v) is 5.90. The van der Waals surface area contributed by atoms with Gasteiger partial charge in [-0.1, -0.05) is 37.3 Å². The normalized spacial score (nSPS) is 16.1. The molecule has 30 heavy (non-hydrogen) atoms. The van der Waals surface area contributed by atoms with Crippen molar-refractivity contribution in [2.75, 3.05) is 31.6 Å². The van der Waals surface area contributed by atoms with E-state index in [2.05, 4.69) is 4.90 Å². The first-order chi connectivity index (χ1) is 14.5. The summed E-state index contributed by atoms with van der Waals surface area (Å²) in [6.45, 7) is 4.08. The van der Waals surface area contributed by atoms with Gasteiger partial charge in [0.1, 0.15) is 11.3 Å². The largest absolute Gasteiger partial charge is 0.508 e. The van der Waals surface area contributed by atoms with Crippen molar-refractivity contribution in [2.24, 2.45) is 0 Å². The molecular weight excluding hydrogens is 380 g/mol. The lowest BCUT2D eigenvalue weighted by Gasteiger charge is -2.46. The molecule has 3 rings (SSSR count). The Morgan fingerprint density at radius 2 is 1.70 bits per heavy atom. The number of phenols is 1. The minimum absolute atomic E-state index is 0.0795. The van der Waals surface area contributed by atoms with Crippen LogP contribution < -0.4 is 4.90 Å². The van der Waals surface area contributed by atoms with Crippen LogP contribution >= 0.6 is 0 Å². The standard InChI is InChI=1S/C24H30N2O4/c1-3-22(28)26(20-7-5-4-6-8-20)24(23(29)30-2)14-17-25(18-15-24)16-13-19-9-11-21(27)12-10-19/h4-12,27H,3,13-18H2,1-2H3. The molecular formula is C24H30N2O4. The second-order valence-corrected chi connectivity index (χ2v) is 7.70. The highest BCUT2D eigenvalue weighted by molar-refractivity contribution is 6.02. The zero-order valence-electron chi connectivity index (χ0n) is 17.7. The third kappa shape index (κ3) is 4.65. The van der Waals surface area contributed by atoms with Gasteiger partial charge in [-0.2, -0.15) is 0 Å². The van der Waals surface area contributed by atoms with Crippen LogP contribution in [0, 0.1) is 0 Å². The van der Waals surface area contributed by atoms with Crippen LogP contribution in [0.2, 0.25) is 0 Å². The second-order valence-electron chi connectivity index (χ2n) is 7.70. The number of carbonyl (C=O) groups excluding carboxylic acids is 2. The molecule has 0 radical (unpaired) electrons. The highest BCUT2D eigenvalue weighted by Crippen LogP contribution is 2.35. The van der Waals surface area contributed by atoms with Gasteiger partial charge in [0.05, 0.1) is 7.11 Å². The summed E-state index contributed by atoms with van der Waals surface area (Å²) in [7, 11) is 1.39. The summed E-state index contributed by atoms with van der Waals surface area (Å²) in [5.74, 6) is -0.170. The summed E-state index contributed by atoms with van der Waals surface area (Å²) in [5, 5.41) is 9.43. The van der Waals surface area contributed by atoms with Crippen LogP contribution in [0.4, 0.5) is 5.69 Å². The maximum Gasteiger partial charge on any atom is 0.332 e. The molecule has 1 fully saturated rings. The summed E-state index contributed by atoms with van der Waals surface area (Å²) in [6, 6.07) is 16.6. The van der Waals surface area contributed by atoms with Crippen molar-refractivity contribution in [2.45, 2.75) is 38.1 Å². The first-order valence-corrected chi connectivity index (χ1v) is 10.5. The number of carbonyl (C=O) groups is 2. The molecule has 1 aliphatic rings. The van der Waals surface area contributed by atoms with Crippen LogP contribution in [-0.4, -0.2) is 54.2 Å². The quantitative estimate of drug-likeness (QED) is 0.709. The Labute approximate surface area is 178 Å². The van der Waals surface area contributed by atoms with Gasteiger partial charge in [-0.05, 0) is 49.1 Å². The van der Waals surface area contributed by atoms with Crippen molar-refractivity contribution >= 4 is 17.6 Å². The number of phenolic OH excluding ortho intramolecular Hbond substituents is 1. The smallest absolute Gasteiger partial charge is 0.332 e. The SMILES string of the molecule is CCC(=O)N(c1ccccc1)C1(C(=O)OC)CCN(CCc2ccc(O)cc2)CC1. The number of amides is 1. The summed E-state index contributed by atoms with van der Waals surface area (Å²) >= 11 is 0. The average molecular weight is 411 g/mol. The van der Waals surface area contributed by atoms with Crippen molar-refractivity contribution in [1.29, 1.82) is 0 Å². The zero-order valence-corrected chi connectivity index (χ0v) is 17.7. The molecule has 0 unspecified atom stereocenters. The van der Waals surface area contributed by atoms with E-state index in [1.165, 1.54) is 7.11 Å². The van der Waals surface area contributed by atoms with Crippen molar-refractivity contribution in [3.63, 3.8) is 0 Å². The molecule has 6 nitrogen and oxygen atoms in total. The minimum atomic E-state index is -0.988. The molecule has 0 atom stereocenters. The van der Waals surface area contributed by atoms with Crippen LogP contribution in [0.25, 0.3) is 0 Å². The number of benzene rings is 2. The van der Waals surface area contributed by atoms with Crippen molar-refractivity contribution in [3.8, 4) is 5.75 Å². The Kier molecular flexibility index (Phi) is 7.11. The highest BCUT2D eigenvalue weighted by Gasteiger charge is 2.49. The molecule has 1 N–H and O–H groups in total. The number of aromatic hydroxyl groups is 1. The van der Waals surface area contributed by atoms with E-state index in [-0.39, 0.29) is 17.6 Å². The molecule has 6 heteroatoms. The van der Waals surface area contributed by atoms with E-state index in [9.17, 15) is 14.7 Å². The Morgan fingerprint density at radius 3 is 2.27 bits per heavy atom. The monoisotopic (exact) mass is 410 g/mol. The summed E-state index contributed by atoms with van der Waals surface area (Å²) in [4.78, 5) is 29.9. The van der Waals surface area contributed by atoms with E-state index in [4.69, 9.17) is 4.74 Å². The van der Waals surface area contributed by atoms with Gasteiger partial charge >= 0.3 is 5.97 Å². The number of anilines is 1. The number of ether oxygens (including phenoxy) is 1. The van der Waals surface area contributed by atoms with E-state index in [0.717, 1.165) is 24.2 Å². The van der Waals surface area contributed by atoms with Gasteiger partial charge in [0.25, 0.3) is 0 Å². The maximum absolute atomic E-state index is 13.0. The van der Waals surface area contributed by atoms with Gasteiger partial charge in [0.15, 0.2) is 0 Å². The molecule has 0 aliphatic carbocycles. The summed E-state index contributed by atoms with van der Waals surface area (Å²) < 4.78 is 5.19. The molecule has 1 saturated heterocycles. The number of methoxy groups -OCH3 is 1. The maximum atomic E-state index is 13.0. The molecule has 1 aliphatic heterocycles. The van der Waals surface area contributed by atoms with Gasteiger partial charge in [0, 0.05) is 31.7 Å². The van der Waals surface area contributed by atoms with E-state index in [1.54, 1.807) is 17.0 Å². The fourth-order valence-corrected chi connectivity index (χ4v) is 4.17. The Bertz CT molecular complexity index is 843. The van der Waals surface area contributed by atoms with Gasteiger partial charge in [0.2, 0.25) is 5.91 Å². The van der Waals surface area contributed by atoms with Gasteiger partial charge in [-0.3, -0.25) is 9.69 Å². The van der Waals surface area contributed by atoms with E-state index >= 15 is 0 Å². The number of likely N-dealkylation sites (tertiary alicyclic amines) is 1. The third-order valence-electron chi connectivity index (χ3n) is 5.90. The predicted octanol–water partition coefficient (Wildman–Crippen LogP) is 3.39. The number of para-hydroxylation sites is 1. The molecule has 1 amide bonds. The minimum Gasteiger partial charge on any atom is -0.508 e. The lowest BCUT2D eigenvalue weighted by molar-refractivity contribution is -0.151. The van der Waals surface area contributed by atoms with Crippen LogP contribution in [0.15, 0.2) is 54.6 Å². The molecule has 0 aromatic heterocycles. The summed E-state index contributed by atoms with van der Waals surface area (Å²) in [6.07, 6.45) is 2.23. The van der Waals surface area contributed by atoms with Crippen LogP contribution in [-0.2, 0) is 20.7 Å². The molecule has 160 valence electrons. The number of piperidine rings is 1. The Hall–Kier alpha value is -2.86. The average Bonchev–Trinajstić information content (AvgIpc) is 2.79. The lowest BCUT2D eigenvalue weighted by Crippen LogP contribution is -2.62. The van der Waals surface area contributed by atoms with Crippen molar-refractivity contribution in [1.82, 2.24) is 4.90 Å². The van der Waals surface area contributed by atoms with Crippen molar-refractivity contribution < 1.29 is 19.4 Å². The van der Waals surface area contributed by atoms with Gasteiger partial charge in [-0.15, -0.1) is 0 Å². The van der Waals surface area contributed by atoms with Crippen molar-refractivity contribution in [3.05, 3.63) is 60.2 Å². The Morgan fingerprint density at radius 1 is 1.07 bits per heavy atom. The number of rotatable bonds is 7. The molecule has 0 saturated carbocycles. The zero-order chi connectivity index (χ0) is 21.6. The number of hydrogen-bond donors (Lipinski definition) is 1. The fraction of sp³-hybridized carbons (Fsp3) is 0.417. The first-order valence-electron chi connectivity index (χ1n) is 10.5. The lowest BCUT2D eigenvalue weighted by atomic mass is 9.84. The topological polar surface area (TPSA) is 70.1 Å². The fourth-order valence-electron chi connectivity index (χ4n) is 4.17. The summed E-state index contributed by atoms with van der Waals surface area (Å²) in [5.41, 5.74) is 0.898. The number of esters is 1. The number of hydrogen-bond acceptors (Lipinski definition) is 5. The van der Waals surface area contributed by atoms with E-state index in [0.29, 0.717) is 32.4 Å². The van der Waals surface area contributed by atoms with Gasteiger partial charge in [-0.25, -0.2) is 4.79 Å². The van der Waals surface area contributed by atoms with E-state index < -0.39 is 5.54 Å². The van der Waals surface area contributed by atoms with Crippen LogP contribution in [0.1, 0.15) is 31.7 Å². The molecule has 0 spiro atoms. The second kappa shape index (κ2) is 9.76. The van der Waals surface area contributed by atoms with Crippen LogP contribution in [0.5, 0.6) is 5.75 Å². The highest BCUT2D eigenvalue weighted by atomic mass is 16.5.